The van der Waals surface area contributed by atoms with Crippen LogP contribution in [0.25, 0.3) is 0 Å². The van der Waals surface area contributed by atoms with Crippen LogP contribution in [0.3, 0.4) is 0 Å². The lowest BCUT2D eigenvalue weighted by molar-refractivity contribution is -0.0503. The van der Waals surface area contributed by atoms with Crippen molar-refractivity contribution in [3.05, 3.63) is 0 Å². The summed E-state index contributed by atoms with van der Waals surface area (Å²) in [5.41, 5.74) is 1.32. The van der Waals surface area contributed by atoms with Crippen LogP contribution in [0.1, 0.15) is 33.6 Å². The Balaban J connectivity index is 1.88. The first-order chi connectivity index (χ1) is 5.02. The van der Waals surface area contributed by atoms with Gasteiger partial charge in [-0.1, -0.05) is 20.8 Å². The van der Waals surface area contributed by atoms with Gasteiger partial charge < -0.3 is 5.32 Å². The summed E-state index contributed by atoms with van der Waals surface area (Å²) >= 11 is 0. The van der Waals surface area contributed by atoms with Crippen LogP contribution in [0.4, 0.5) is 0 Å². The van der Waals surface area contributed by atoms with E-state index in [2.05, 4.69) is 26.1 Å². The molecule has 11 heavy (non-hydrogen) atoms. The zero-order valence-corrected chi connectivity index (χ0v) is 7.91. The third kappa shape index (κ3) is 1.10. The fraction of sp³-hybridized carbons (Fsp3) is 1.00. The summed E-state index contributed by atoms with van der Waals surface area (Å²) in [6.45, 7) is 9.70. The first kappa shape index (κ1) is 7.60. The SMILES string of the molecule is CC(C)(C)C1CC2(CNC2)C1. The second kappa shape index (κ2) is 2.01. The average Bonchev–Trinajstić information content (AvgIpc) is 1.49. The molecule has 0 bridgehead atoms. The zero-order chi connectivity index (χ0) is 8.11. The molecule has 0 aromatic carbocycles. The van der Waals surface area contributed by atoms with Gasteiger partial charge in [-0.05, 0) is 29.6 Å². The van der Waals surface area contributed by atoms with Crippen molar-refractivity contribution in [2.24, 2.45) is 16.7 Å². The average molecular weight is 153 g/mol. The van der Waals surface area contributed by atoms with Gasteiger partial charge in [0.05, 0.1) is 0 Å². The molecule has 0 aromatic heterocycles. The van der Waals surface area contributed by atoms with E-state index in [1.165, 1.54) is 25.9 Å². The highest BCUT2D eigenvalue weighted by molar-refractivity contribution is 5.04. The third-order valence-electron chi connectivity index (χ3n) is 3.58. The highest BCUT2D eigenvalue weighted by Crippen LogP contribution is 2.54. The summed E-state index contributed by atoms with van der Waals surface area (Å²) in [6, 6.07) is 0. The molecular formula is C10H19N. The molecule has 1 spiro atoms. The molecule has 0 atom stereocenters. The summed E-state index contributed by atoms with van der Waals surface area (Å²) in [5.74, 6) is 0.990. The Labute approximate surface area is 69.6 Å². The normalized spacial score (nSPS) is 29.7. The van der Waals surface area contributed by atoms with Crippen molar-refractivity contribution >= 4 is 0 Å². The predicted octanol–water partition coefficient (Wildman–Crippen LogP) is 2.03. The minimum Gasteiger partial charge on any atom is -0.316 e. The molecule has 2 aliphatic rings. The van der Waals surface area contributed by atoms with Crippen LogP contribution < -0.4 is 5.32 Å². The van der Waals surface area contributed by atoms with Gasteiger partial charge in [-0.2, -0.15) is 0 Å². The van der Waals surface area contributed by atoms with Gasteiger partial charge in [-0.15, -0.1) is 0 Å². The van der Waals surface area contributed by atoms with E-state index in [1.54, 1.807) is 0 Å². The molecule has 1 heteroatoms. The monoisotopic (exact) mass is 153 g/mol. The molecule has 1 N–H and O–H groups in total. The molecule has 1 saturated heterocycles. The van der Waals surface area contributed by atoms with Gasteiger partial charge in [-0.3, -0.25) is 0 Å². The standard InChI is InChI=1S/C10H19N/c1-9(2,3)8-4-10(5-8)6-11-7-10/h8,11H,4-7H2,1-3H3. The maximum Gasteiger partial charge on any atom is 0.00204 e. The number of nitrogens with one attached hydrogen (secondary N) is 1. The Morgan fingerprint density at radius 2 is 1.73 bits per heavy atom. The summed E-state index contributed by atoms with van der Waals surface area (Å²) in [4.78, 5) is 0. The third-order valence-corrected chi connectivity index (χ3v) is 3.58. The maximum atomic E-state index is 3.38. The molecule has 1 heterocycles. The van der Waals surface area contributed by atoms with E-state index in [4.69, 9.17) is 0 Å². The summed E-state index contributed by atoms with van der Waals surface area (Å²) in [6.07, 6.45) is 2.95. The highest BCUT2D eigenvalue weighted by Gasteiger charge is 2.51. The quantitative estimate of drug-likeness (QED) is 0.561. The van der Waals surface area contributed by atoms with Crippen molar-refractivity contribution in [3.63, 3.8) is 0 Å². The van der Waals surface area contributed by atoms with E-state index in [0.717, 1.165) is 11.3 Å². The highest BCUT2D eigenvalue weighted by atomic mass is 15.0. The Morgan fingerprint density at radius 1 is 1.18 bits per heavy atom. The summed E-state index contributed by atoms with van der Waals surface area (Å²) in [7, 11) is 0. The lowest BCUT2D eigenvalue weighted by Crippen LogP contribution is -2.61. The van der Waals surface area contributed by atoms with Crippen molar-refractivity contribution in [1.29, 1.82) is 0 Å². The van der Waals surface area contributed by atoms with Crippen LogP contribution in [-0.2, 0) is 0 Å². The number of hydrogen-bond acceptors (Lipinski definition) is 1. The smallest absolute Gasteiger partial charge is 0.00204 e. The molecule has 0 amide bonds. The molecule has 2 fully saturated rings. The van der Waals surface area contributed by atoms with Crippen LogP contribution in [0.2, 0.25) is 0 Å². The minimum absolute atomic E-state index is 0.556. The fourth-order valence-corrected chi connectivity index (χ4v) is 2.37. The topological polar surface area (TPSA) is 12.0 Å². The second-order valence-electron chi connectivity index (χ2n) is 5.57. The van der Waals surface area contributed by atoms with Gasteiger partial charge in [0, 0.05) is 13.1 Å². The van der Waals surface area contributed by atoms with Crippen molar-refractivity contribution in [2.75, 3.05) is 13.1 Å². The Kier molecular flexibility index (Phi) is 1.39. The van der Waals surface area contributed by atoms with Crippen molar-refractivity contribution in [3.8, 4) is 0 Å². The van der Waals surface area contributed by atoms with Gasteiger partial charge in [0.15, 0.2) is 0 Å². The Bertz CT molecular complexity index is 154. The largest absolute Gasteiger partial charge is 0.316 e. The molecule has 0 radical (unpaired) electrons. The van der Waals surface area contributed by atoms with Gasteiger partial charge in [0.2, 0.25) is 0 Å². The van der Waals surface area contributed by atoms with E-state index < -0.39 is 0 Å². The zero-order valence-electron chi connectivity index (χ0n) is 7.91. The molecular weight excluding hydrogens is 134 g/mol. The van der Waals surface area contributed by atoms with Crippen molar-refractivity contribution in [1.82, 2.24) is 5.32 Å². The second-order valence-corrected chi connectivity index (χ2v) is 5.57. The molecule has 0 unspecified atom stereocenters. The predicted molar refractivity (Wildman–Crippen MR) is 47.5 cm³/mol. The van der Waals surface area contributed by atoms with Crippen molar-refractivity contribution < 1.29 is 0 Å². The summed E-state index contributed by atoms with van der Waals surface area (Å²) < 4.78 is 0. The molecule has 1 aliphatic carbocycles. The molecule has 1 nitrogen and oxygen atoms in total. The molecule has 1 saturated carbocycles. The van der Waals surface area contributed by atoms with E-state index in [0.29, 0.717) is 5.41 Å². The maximum absolute atomic E-state index is 3.38. The first-order valence-corrected chi connectivity index (χ1v) is 4.73. The van der Waals surface area contributed by atoms with E-state index in [9.17, 15) is 0 Å². The minimum atomic E-state index is 0.556. The molecule has 64 valence electrons. The van der Waals surface area contributed by atoms with E-state index in [-0.39, 0.29) is 0 Å². The van der Waals surface area contributed by atoms with Gasteiger partial charge in [-0.25, -0.2) is 0 Å². The fourth-order valence-electron chi connectivity index (χ4n) is 2.37. The van der Waals surface area contributed by atoms with Gasteiger partial charge in [0.1, 0.15) is 0 Å². The van der Waals surface area contributed by atoms with Crippen LogP contribution >= 0.6 is 0 Å². The van der Waals surface area contributed by atoms with Crippen LogP contribution in [0, 0.1) is 16.7 Å². The lowest BCUT2D eigenvalue weighted by atomic mass is 9.52. The van der Waals surface area contributed by atoms with E-state index >= 15 is 0 Å². The number of rotatable bonds is 0. The number of hydrogen-bond donors (Lipinski definition) is 1. The van der Waals surface area contributed by atoms with Crippen LogP contribution in [-0.4, -0.2) is 13.1 Å². The molecule has 1 aliphatic heterocycles. The molecule has 2 rings (SSSR count). The van der Waals surface area contributed by atoms with Crippen LogP contribution in [0.15, 0.2) is 0 Å². The molecule has 0 aromatic rings. The lowest BCUT2D eigenvalue weighted by Gasteiger charge is -2.58. The van der Waals surface area contributed by atoms with Crippen molar-refractivity contribution in [2.45, 2.75) is 33.6 Å². The Hall–Kier alpha value is -0.0400. The summed E-state index contributed by atoms with van der Waals surface area (Å²) in [5, 5.41) is 3.38. The van der Waals surface area contributed by atoms with Gasteiger partial charge >= 0.3 is 0 Å². The Morgan fingerprint density at radius 3 is 2.00 bits per heavy atom. The van der Waals surface area contributed by atoms with Crippen LogP contribution in [0.5, 0.6) is 0 Å². The van der Waals surface area contributed by atoms with Gasteiger partial charge in [0.25, 0.3) is 0 Å². The first-order valence-electron chi connectivity index (χ1n) is 4.73. The van der Waals surface area contributed by atoms with E-state index in [1.807, 2.05) is 0 Å².